The molecule has 5 rings (SSSR count). The van der Waals surface area contributed by atoms with Gasteiger partial charge in [0.1, 0.15) is 17.7 Å². The second kappa shape index (κ2) is 9.18. The van der Waals surface area contributed by atoms with Gasteiger partial charge in [-0.15, -0.1) is 0 Å². The molecule has 3 aromatic rings. The number of nitrogens with zero attached hydrogens (tertiary/aromatic N) is 5. The number of carboxylic acid groups (broad SMARTS) is 1. The number of carboxylic acids is 1. The van der Waals surface area contributed by atoms with Crippen LogP contribution in [0.5, 0.6) is 0 Å². The van der Waals surface area contributed by atoms with E-state index >= 15 is 0 Å². The number of rotatable bonds is 7. The van der Waals surface area contributed by atoms with Crippen LogP contribution in [0.3, 0.4) is 0 Å². The number of hydrogen-bond donors (Lipinski definition) is 1. The lowest BCUT2D eigenvalue weighted by atomic mass is 9.92. The largest absolute Gasteiger partial charge is 0.477 e. The number of pyridine rings is 2. The second-order valence-electron chi connectivity index (χ2n) is 8.96. The molecular formula is C23H27N5O4S. The van der Waals surface area contributed by atoms with Crippen LogP contribution in [0.2, 0.25) is 0 Å². The quantitative estimate of drug-likeness (QED) is 0.560. The van der Waals surface area contributed by atoms with Crippen molar-refractivity contribution >= 4 is 34.4 Å². The van der Waals surface area contributed by atoms with Gasteiger partial charge in [-0.2, -0.15) is 4.37 Å². The van der Waals surface area contributed by atoms with Gasteiger partial charge in [-0.05, 0) is 56.6 Å². The maximum atomic E-state index is 12.9. The predicted octanol–water partition coefficient (Wildman–Crippen LogP) is 3.42. The van der Waals surface area contributed by atoms with Crippen LogP contribution in [-0.2, 0) is 4.74 Å². The van der Waals surface area contributed by atoms with Crippen LogP contribution in [0.4, 0.5) is 5.82 Å². The molecule has 33 heavy (non-hydrogen) atoms. The molecule has 0 amide bonds. The zero-order valence-electron chi connectivity index (χ0n) is 18.6. The molecule has 2 aliphatic heterocycles. The van der Waals surface area contributed by atoms with E-state index in [-0.39, 0.29) is 5.56 Å². The molecule has 5 heterocycles. The molecule has 2 aliphatic rings. The lowest BCUT2D eigenvalue weighted by Gasteiger charge is -2.40. The smallest absolute Gasteiger partial charge is 0.341 e. The van der Waals surface area contributed by atoms with Gasteiger partial charge in [0, 0.05) is 37.4 Å². The lowest BCUT2D eigenvalue weighted by Crippen LogP contribution is -2.47. The van der Waals surface area contributed by atoms with Gasteiger partial charge >= 0.3 is 5.97 Å². The molecular weight excluding hydrogens is 442 g/mol. The number of carbonyl (C=O) groups is 1. The summed E-state index contributed by atoms with van der Waals surface area (Å²) < 4.78 is 11.4. The van der Waals surface area contributed by atoms with E-state index in [2.05, 4.69) is 14.3 Å². The van der Waals surface area contributed by atoms with Crippen LogP contribution in [-0.4, -0.2) is 55.8 Å². The molecule has 0 radical (unpaired) electrons. The van der Waals surface area contributed by atoms with E-state index in [0.29, 0.717) is 33.8 Å². The molecule has 3 aromatic heterocycles. The number of aryl methyl sites for hydroxylation is 1. The van der Waals surface area contributed by atoms with E-state index in [1.807, 2.05) is 13.0 Å². The number of aromatic nitrogens is 4. The van der Waals surface area contributed by atoms with Gasteiger partial charge < -0.3 is 14.7 Å². The topological polar surface area (TPSA) is 110 Å². The summed E-state index contributed by atoms with van der Waals surface area (Å²) in [7, 11) is 0. The Kier molecular flexibility index (Phi) is 6.11. The summed E-state index contributed by atoms with van der Waals surface area (Å²) in [6, 6.07) is 1.88. The Morgan fingerprint density at radius 1 is 1.30 bits per heavy atom. The van der Waals surface area contributed by atoms with E-state index in [1.54, 1.807) is 4.57 Å². The molecule has 1 unspecified atom stereocenters. The SMILES string of the molecule is Cc1cc(N2CC(CCCC3CCCCO3)C2)nc2c1c(=O)c(C(=O)O)cn2-c1ncns1. The normalized spacial score (nSPS) is 19.1. The van der Waals surface area contributed by atoms with Gasteiger partial charge in [0.25, 0.3) is 0 Å². The molecule has 0 aliphatic carbocycles. The molecule has 1 N–H and O–H groups in total. The van der Waals surface area contributed by atoms with Crippen molar-refractivity contribution in [3.8, 4) is 5.13 Å². The highest BCUT2D eigenvalue weighted by Crippen LogP contribution is 2.30. The van der Waals surface area contributed by atoms with Crippen molar-refractivity contribution in [2.75, 3.05) is 24.6 Å². The van der Waals surface area contributed by atoms with Gasteiger partial charge in [-0.3, -0.25) is 9.36 Å². The minimum absolute atomic E-state index is 0.304. The van der Waals surface area contributed by atoms with Crippen molar-refractivity contribution in [2.45, 2.75) is 51.6 Å². The molecule has 174 valence electrons. The van der Waals surface area contributed by atoms with Crippen LogP contribution >= 0.6 is 11.5 Å². The second-order valence-corrected chi connectivity index (χ2v) is 9.72. The molecule has 9 nitrogen and oxygen atoms in total. The molecule has 2 fully saturated rings. The summed E-state index contributed by atoms with van der Waals surface area (Å²) >= 11 is 1.12. The Balaban J connectivity index is 1.36. The maximum Gasteiger partial charge on any atom is 0.341 e. The van der Waals surface area contributed by atoms with Crippen LogP contribution in [0.1, 0.15) is 54.4 Å². The van der Waals surface area contributed by atoms with Crippen molar-refractivity contribution in [1.29, 1.82) is 0 Å². The van der Waals surface area contributed by atoms with Gasteiger partial charge in [0.2, 0.25) is 10.6 Å². The third-order valence-corrected chi connectivity index (χ3v) is 7.29. The summed E-state index contributed by atoms with van der Waals surface area (Å²) in [5.74, 6) is 0.159. The highest BCUT2D eigenvalue weighted by molar-refractivity contribution is 7.08. The van der Waals surface area contributed by atoms with E-state index in [4.69, 9.17) is 9.72 Å². The zero-order chi connectivity index (χ0) is 22.9. The first-order valence-corrected chi connectivity index (χ1v) is 12.2. The fourth-order valence-corrected chi connectivity index (χ4v) is 5.33. The summed E-state index contributed by atoms with van der Waals surface area (Å²) in [6.45, 7) is 4.59. The lowest BCUT2D eigenvalue weighted by molar-refractivity contribution is 0.00905. The van der Waals surface area contributed by atoms with Gasteiger partial charge in [-0.25, -0.2) is 14.8 Å². The summed E-state index contributed by atoms with van der Waals surface area (Å²) in [5, 5.41) is 10.3. The molecule has 2 saturated heterocycles. The highest BCUT2D eigenvalue weighted by atomic mass is 32.1. The molecule has 0 spiro atoms. The molecule has 1 atom stereocenters. The van der Waals surface area contributed by atoms with Crippen molar-refractivity contribution in [3.63, 3.8) is 0 Å². The van der Waals surface area contributed by atoms with Gasteiger partial charge in [0.15, 0.2) is 5.65 Å². The third-order valence-electron chi connectivity index (χ3n) is 6.62. The number of fused-ring (bicyclic) bond motifs is 1. The van der Waals surface area contributed by atoms with Crippen molar-refractivity contribution in [1.82, 2.24) is 18.9 Å². The third kappa shape index (κ3) is 4.37. The van der Waals surface area contributed by atoms with Crippen LogP contribution < -0.4 is 10.3 Å². The molecule has 10 heteroatoms. The average molecular weight is 470 g/mol. The van der Waals surface area contributed by atoms with E-state index in [1.165, 1.54) is 44.6 Å². The first kappa shape index (κ1) is 22.0. The Morgan fingerprint density at radius 2 is 2.15 bits per heavy atom. The summed E-state index contributed by atoms with van der Waals surface area (Å²) in [4.78, 5) is 35.8. The first-order chi connectivity index (χ1) is 16.0. The number of aromatic carboxylic acids is 1. The number of ether oxygens (including phenoxy) is 1. The van der Waals surface area contributed by atoms with E-state index in [9.17, 15) is 14.7 Å². The number of hydrogen-bond acceptors (Lipinski definition) is 8. The van der Waals surface area contributed by atoms with E-state index in [0.717, 1.165) is 43.5 Å². The Morgan fingerprint density at radius 3 is 2.85 bits per heavy atom. The Labute approximate surface area is 195 Å². The van der Waals surface area contributed by atoms with Crippen LogP contribution in [0.15, 0.2) is 23.4 Å². The van der Waals surface area contributed by atoms with Crippen LogP contribution in [0.25, 0.3) is 16.2 Å². The Bertz CT molecular complexity index is 1210. The van der Waals surface area contributed by atoms with Crippen molar-refractivity contribution < 1.29 is 14.6 Å². The Hall–Kier alpha value is -2.85. The number of anilines is 1. The average Bonchev–Trinajstić information content (AvgIpc) is 3.30. The predicted molar refractivity (Wildman–Crippen MR) is 126 cm³/mol. The van der Waals surface area contributed by atoms with Crippen LogP contribution in [0, 0.1) is 12.8 Å². The van der Waals surface area contributed by atoms with Crippen molar-refractivity contribution in [2.24, 2.45) is 5.92 Å². The highest BCUT2D eigenvalue weighted by Gasteiger charge is 2.29. The fourth-order valence-electron chi connectivity index (χ4n) is 4.82. The van der Waals surface area contributed by atoms with Gasteiger partial charge in [0.05, 0.1) is 11.5 Å². The molecule has 0 bridgehead atoms. The minimum Gasteiger partial charge on any atom is -0.477 e. The molecule has 0 saturated carbocycles. The van der Waals surface area contributed by atoms with Crippen molar-refractivity contribution in [3.05, 3.63) is 39.9 Å². The summed E-state index contributed by atoms with van der Waals surface area (Å²) in [5.41, 5.74) is 0.288. The maximum absolute atomic E-state index is 12.9. The molecule has 0 aromatic carbocycles. The zero-order valence-corrected chi connectivity index (χ0v) is 19.4. The van der Waals surface area contributed by atoms with Gasteiger partial charge in [-0.1, -0.05) is 6.42 Å². The minimum atomic E-state index is -1.27. The monoisotopic (exact) mass is 469 g/mol. The first-order valence-electron chi connectivity index (χ1n) is 11.4. The fraction of sp³-hybridized carbons (Fsp3) is 0.522. The van der Waals surface area contributed by atoms with E-state index < -0.39 is 11.4 Å². The summed E-state index contributed by atoms with van der Waals surface area (Å²) in [6.07, 6.45) is 10.3. The standard InChI is InChI=1S/C23H27N5O4S/c1-14-9-18(27-10-15(11-27)5-4-7-16-6-2-3-8-32-16)26-21-19(14)20(29)17(22(30)31)12-28(21)23-24-13-25-33-23/h9,12-13,15-16H,2-8,10-11H2,1H3,(H,30,31).